The third-order valence-corrected chi connectivity index (χ3v) is 30.0. The third kappa shape index (κ3) is 10.9. The van der Waals surface area contributed by atoms with E-state index in [1.54, 1.807) is 27.7 Å². The largest absolute Gasteiger partial charge is 0.278 e. The van der Waals surface area contributed by atoms with Gasteiger partial charge in [0.05, 0.1) is 87.9 Å². The van der Waals surface area contributed by atoms with Gasteiger partial charge in [-0.1, -0.05) is 290 Å². The minimum absolute atomic E-state index is 0.0917. The standard InChI is InChI=1S/2C42H28N4O.C38H24N4O/c1-42(2)34-21-26-13-7-6-12-25(26)20-30(34)31-22-32-28-16-8-10-18-36(28)46(38(32)23-35(31)42)41-43-24-33-39(44-41)29-17-9-11-19-37(29)45(40(33)47)27-14-4-3-5-15-27;1-42(2)34-23-37-32(22-31(34)29-21-20-25-12-6-7-15-27(25)38(29)42)28-16-8-10-18-35(28)46(37)41-43-24-33-39(44-41)30-17-9-11-19-36(30)45(40(33)47)26-13-4-3-5-14-26;1-38(2)29-15-6-3-10-21(29)26-18-27-23-12-5-7-16-31(23)41(33(27)19-30(26)38)37-39-20-28-34(40-37)25-14-9-13-24-22-11-4-8-17-32(22)42(35(24)25)36(28)43/h2*3-24H,1-2H3;3-20H,1-2H3. The molecule has 3 aliphatic carbocycles. The second-order valence-corrected chi connectivity index (χ2v) is 38.3. The molecule has 15 heteroatoms. The van der Waals surface area contributed by atoms with Crippen LogP contribution < -0.4 is 16.7 Å². The molecule has 27 aromatic rings. The zero-order valence-corrected chi connectivity index (χ0v) is 75.4. The lowest BCUT2D eigenvalue weighted by Crippen LogP contribution is -2.20. The number of nitrogens with zero attached hydrogens (tertiary/aromatic N) is 12. The van der Waals surface area contributed by atoms with Gasteiger partial charge in [0.2, 0.25) is 17.8 Å². The van der Waals surface area contributed by atoms with Crippen LogP contribution in [-0.2, 0) is 16.2 Å². The Morgan fingerprint density at radius 3 is 1.06 bits per heavy atom. The first-order valence-electron chi connectivity index (χ1n) is 46.6. The first kappa shape index (κ1) is 78.0. The highest BCUT2D eigenvalue weighted by Crippen LogP contribution is 2.57. The number of hydrogen-bond donors (Lipinski definition) is 0. The average Bonchev–Trinajstić information content (AvgIpc) is 1.57. The van der Waals surface area contributed by atoms with Crippen molar-refractivity contribution in [3.05, 3.63) is 441 Å². The molecule has 0 aliphatic heterocycles. The van der Waals surface area contributed by atoms with E-state index < -0.39 is 0 Å². The summed E-state index contributed by atoms with van der Waals surface area (Å²) in [7, 11) is 0. The van der Waals surface area contributed by atoms with E-state index in [0.717, 1.165) is 120 Å². The highest BCUT2D eigenvalue weighted by molar-refractivity contribution is 6.21. The maximum Gasteiger partial charge on any atom is 0.266 e. The smallest absolute Gasteiger partial charge is 0.266 e. The molecule has 0 saturated carbocycles. The SMILES string of the molecule is CC1(C)c2cc3c(cc2-c2ccc4ccccc4c21)c1ccccc1n3-c1ncc2c(=O)n(-c3ccccc3)c3ccccc3c2n1.CC1(C)c2cc3ccccc3cc2-c2cc3c4ccccc4n(-c4ncc5c(=O)n(-c6ccccc6)c6ccccc6c5n4)c3cc21.CC1(C)c2ccccc2-c2cc3c4ccccc4n(-c4ncc5c(=O)n6c7ccccc7c7cccc(c5n4)c76)c3cc21. The van der Waals surface area contributed by atoms with Gasteiger partial charge in [0, 0.05) is 105 Å². The van der Waals surface area contributed by atoms with Crippen LogP contribution in [0.3, 0.4) is 0 Å². The van der Waals surface area contributed by atoms with E-state index in [9.17, 15) is 14.4 Å². The lowest BCUT2D eigenvalue weighted by molar-refractivity contribution is 0.661. The van der Waals surface area contributed by atoms with Crippen LogP contribution >= 0.6 is 0 Å². The average molecular weight is 1760 g/mol. The van der Waals surface area contributed by atoms with Gasteiger partial charge in [-0.3, -0.25) is 41.6 Å². The molecule has 3 aliphatic rings. The molecule has 10 heterocycles. The molecule has 0 saturated heterocycles. The number of pyridine rings is 3. The molecule has 137 heavy (non-hydrogen) atoms. The van der Waals surface area contributed by atoms with Crippen LogP contribution in [0, 0.1) is 0 Å². The summed E-state index contributed by atoms with van der Waals surface area (Å²) >= 11 is 0. The van der Waals surface area contributed by atoms with E-state index >= 15 is 0 Å². The molecule has 0 radical (unpaired) electrons. The van der Waals surface area contributed by atoms with Crippen LogP contribution in [0.5, 0.6) is 0 Å². The Hall–Kier alpha value is -17.7. The molecule has 10 aromatic heterocycles. The Kier molecular flexibility index (Phi) is 16.2. The first-order chi connectivity index (χ1) is 67.0. The van der Waals surface area contributed by atoms with Crippen molar-refractivity contribution in [2.75, 3.05) is 0 Å². The van der Waals surface area contributed by atoms with Gasteiger partial charge in [0.15, 0.2) is 0 Å². The van der Waals surface area contributed by atoms with E-state index in [2.05, 4.69) is 286 Å². The van der Waals surface area contributed by atoms with Crippen LogP contribution in [0.2, 0.25) is 0 Å². The first-order valence-corrected chi connectivity index (χ1v) is 46.6. The van der Waals surface area contributed by atoms with Crippen molar-refractivity contribution in [3.63, 3.8) is 0 Å². The van der Waals surface area contributed by atoms with Crippen LogP contribution in [0.15, 0.2) is 391 Å². The van der Waals surface area contributed by atoms with E-state index in [1.807, 2.05) is 132 Å². The quantitative estimate of drug-likeness (QED) is 0.153. The summed E-state index contributed by atoms with van der Waals surface area (Å²) in [5.74, 6) is 1.65. The Morgan fingerprint density at radius 2 is 0.555 bits per heavy atom. The lowest BCUT2D eigenvalue weighted by Gasteiger charge is -2.23. The topological polar surface area (TPSA) is 158 Å². The van der Waals surface area contributed by atoms with Crippen LogP contribution in [0.25, 0.3) is 231 Å². The zero-order chi connectivity index (χ0) is 91.5. The van der Waals surface area contributed by atoms with Crippen molar-refractivity contribution in [1.82, 2.24) is 57.1 Å². The van der Waals surface area contributed by atoms with E-state index in [0.29, 0.717) is 50.6 Å². The van der Waals surface area contributed by atoms with Crippen molar-refractivity contribution in [1.29, 1.82) is 0 Å². The van der Waals surface area contributed by atoms with E-state index in [1.165, 1.54) is 93.7 Å². The molecule has 17 aromatic carbocycles. The van der Waals surface area contributed by atoms with Crippen LogP contribution in [-0.4, -0.2) is 57.1 Å². The van der Waals surface area contributed by atoms with Gasteiger partial charge in [0.25, 0.3) is 16.7 Å². The fourth-order valence-electron chi connectivity index (χ4n) is 23.7. The normalized spacial score (nSPS) is 13.7. The highest BCUT2D eigenvalue weighted by Gasteiger charge is 2.41. The minimum Gasteiger partial charge on any atom is -0.278 e. The number of aromatic nitrogens is 12. The zero-order valence-electron chi connectivity index (χ0n) is 75.4. The number of benzene rings is 17. The second kappa shape index (κ2) is 28.4. The Morgan fingerprint density at radius 1 is 0.212 bits per heavy atom. The molecule has 0 spiro atoms. The van der Waals surface area contributed by atoms with Gasteiger partial charge in [-0.15, -0.1) is 0 Å². The predicted octanol–water partition coefficient (Wildman–Crippen LogP) is 27.4. The van der Waals surface area contributed by atoms with Crippen molar-refractivity contribution in [3.8, 4) is 62.6 Å². The van der Waals surface area contributed by atoms with Gasteiger partial charge < -0.3 is 0 Å². The summed E-state index contributed by atoms with van der Waals surface area (Å²) in [5.41, 5.74) is 28.1. The van der Waals surface area contributed by atoms with Gasteiger partial charge in [-0.2, -0.15) is 0 Å². The number of para-hydroxylation sites is 9. The molecule has 0 unspecified atom stereocenters. The van der Waals surface area contributed by atoms with Crippen LogP contribution in [0.1, 0.15) is 74.9 Å². The summed E-state index contributed by atoms with van der Waals surface area (Å²) in [5, 5.41) is 18.4. The van der Waals surface area contributed by atoms with Crippen molar-refractivity contribution >= 4 is 169 Å². The van der Waals surface area contributed by atoms with Gasteiger partial charge >= 0.3 is 0 Å². The van der Waals surface area contributed by atoms with E-state index in [-0.39, 0.29) is 32.9 Å². The lowest BCUT2D eigenvalue weighted by atomic mass is 9.80. The fraction of sp³-hybridized carbons (Fsp3) is 0.0738. The molecule has 0 amide bonds. The Labute approximate surface area is 782 Å². The molecule has 646 valence electrons. The van der Waals surface area contributed by atoms with Crippen molar-refractivity contribution in [2.24, 2.45) is 0 Å². The summed E-state index contributed by atoms with van der Waals surface area (Å²) in [4.78, 5) is 72.3. The Balaban J connectivity index is 0.000000102. The molecule has 0 bridgehead atoms. The van der Waals surface area contributed by atoms with Crippen molar-refractivity contribution < 1.29 is 0 Å². The predicted molar refractivity (Wildman–Crippen MR) is 559 cm³/mol. The number of fused-ring (bicyclic) bond motifs is 32. The minimum atomic E-state index is -0.204. The monoisotopic (exact) mass is 1760 g/mol. The highest BCUT2D eigenvalue weighted by atomic mass is 16.1. The number of rotatable bonds is 5. The maximum absolute atomic E-state index is 14.0. The third-order valence-electron chi connectivity index (χ3n) is 30.0. The molecule has 0 fully saturated rings. The van der Waals surface area contributed by atoms with Crippen molar-refractivity contribution in [2.45, 2.75) is 57.8 Å². The molecular weight excluding hydrogens is 1680 g/mol. The summed E-state index contributed by atoms with van der Waals surface area (Å²) in [6, 6.07) is 124. The summed E-state index contributed by atoms with van der Waals surface area (Å²) < 4.78 is 11.8. The second-order valence-electron chi connectivity index (χ2n) is 38.3. The molecular formula is C122H80N12O3. The van der Waals surface area contributed by atoms with Crippen LogP contribution in [0.4, 0.5) is 0 Å². The molecule has 15 nitrogen and oxygen atoms in total. The fourth-order valence-corrected chi connectivity index (χ4v) is 23.7. The Bertz CT molecular complexity index is 10200. The van der Waals surface area contributed by atoms with E-state index in [4.69, 9.17) is 29.9 Å². The maximum atomic E-state index is 14.0. The van der Waals surface area contributed by atoms with Gasteiger partial charge in [-0.05, 0) is 198 Å². The molecule has 0 atom stereocenters. The molecule has 0 N–H and O–H groups in total. The van der Waals surface area contributed by atoms with Gasteiger partial charge in [0.1, 0.15) is 0 Å². The molecule has 30 rings (SSSR count). The summed E-state index contributed by atoms with van der Waals surface area (Å²) in [6.07, 6.45) is 5.11. The number of hydrogen-bond acceptors (Lipinski definition) is 9. The summed E-state index contributed by atoms with van der Waals surface area (Å²) in [6.45, 7) is 13.9. The van der Waals surface area contributed by atoms with Gasteiger partial charge in [-0.25, -0.2) is 29.9 Å².